The number of benzene rings is 2. The Labute approximate surface area is 121 Å². The number of hydrogen-bond acceptors (Lipinski definition) is 3. The summed E-state index contributed by atoms with van der Waals surface area (Å²) >= 11 is 1.41. The van der Waals surface area contributed by atoms with Crippen molar-refractivity contribution in [3.63, 3.8) is 0 Å². The van der Waals surface area contributed by atoms with E-state index in [-0.39, 0.29) is 11.3 Å². The molecule has 1 N–H and O–H groups in total. The number of carboxylic acids is 1. The maximum atomic E-state index is 12.0. The van der Waals surface area contributed by atoms with Crippen LogP contribution in [0.4, 0.5) is 0 Å². The Hall–Kier alpha value is -2.07. The van der Waals surface area contributed by atoms with Gasteiger partial charge in [-0.1, -0.05) is 29.8 Å². The van der Waals surface area contributed by atoms with Gasteiger partial charge in [0, 0.05) is 10.5 Å². The molecule has 0 aliphatic rings. The lowest BCUT2D eigenvalue weighted by molar-refractivity contribution is 0.0696. The highest BCUT2D eigenvalue weighted by Crippen LogP contribution is 2.20. The highest BCUT2D eigenvalue weighted by molar-refractivity contribution is 8.00. The Kier molecular flexibility index (Phi) is 4.58. The molecule has 0 spiro atoms. The highest BCUT2D eigenvalue weighted by Gasteiger charge is 2.07. The van der Waals surface area contributed by atoms with E-state index in [9.17, 15) is 9.59 Å². The van der Waals surface area contributed by atoms with Crippen molar-refractivity contribution in [3.05, 3.63) is 65.2 Å². The van der Waals surface area contributed by atoms with Crippen LogP contribution >= 0.6 is 11.8 Å². The van der Waals surface area contributed by atoms with E-state index in [1.807, 2.05) is 31.2 Å². The van der Waals surface area contributed by atoms with Gasteiger partial charge in [-0.2, -0.15) is 0 Å². The third kappa shape index (κ3) is 3.71. The molecular formula is C16H14O3S. The lowest BCUT2D eigenvalue weighted by atomic mass is 10.1. The minimum atomic E-state index is -0.947. The summed E-state index contributed by atoms with van der Waals surface area (Å²) in [5.41, 5.74) is 2.07. The van der Waals surface area contributed by atoms with Gasteiger partial charge in [0.2, 0.25) is 0 Å². The fourth-order valence-corrected chi connectivity index (χ4v) is 2.46. The molecule has 2 rings (SSSR count). The average Bonchev–Trinajstić information content (AvgIpc) is 2.46. The first-order valence-corrected chi connectivity index (χ1v) is 7.11. The van der Waals surface area contributed by atoms with Gasteiger partial charge in [0.05, 0.1) is 11.3 Å². The molecule has 102 valence electrons. The highest BCUT2D eigenvalue weighted by atomic mass is 32.2. The third-order valence-electron chi connectivity index (χ3n) is 2.84. The Balaban J connectivity index is 1.96. The van der Waals surface area contributed by atoms with Crippen molar-refractivity contribution < 1.29 is 14.7 Å². The van der Waals surface area contributed by atoms with Crippen molar-refractivity contribution in [1.29, 1.82) is 0 Å². The van der Waals surface area contributed by atoms with Gasteiger partial charge in [-0.05, 0) is 31.2 Å². The second-order valence-electron chi connectivity index (χ2n) is 4.41. The number of carbonyl (C=O) groups is 2. The van der Waals surface area contributed by atoms with Crippen molar-refractivity contribution in [2.45, 2.75) is 11.8 Å². The number of thioether (sulfide) groups is 1. The second kappa shape index (κ2) is 6.39. The van der Waals surface area contributed by atoms with E-state index in [0.29, 0.717) is 11.3 Å². The normalized spacial score (nSPS) is 10.2. The van der Waals surface area contributed by atoms with Gasteiger partial charge in [-0.15, -0.1) is 11.8 Å². The molecule has 0 radical (unpaired) electrons. The van der Waals surface area contributed by atoms with Gasteiger partial charge in [-0.25, -0.2) is 4.79 Å². The van der Waals surface area contributed by atoms with Crippen molar-refractivity contribution in [1.82, 2.24) is 0 Å². The van der Waals surface area contributed by atoms with E-state index in [1.54, 1.807) is 24.3 Å². The fraction of sp³-hybridized carbons (Fsp3) is 0.125. The van der Waals surface area contributed by atoms with Gasteiger partial charge in [0.25, 0.3) is 0 Å². The molecule has 0 aromatic heterocycles. The van der Waals surface area contributed by atoms with Gasteiger partial charge in [-0.3, -0.25) is 4.79 Å². The van der Waals surface area contributed by atoms with Crippen molar-refractivity contribution in [2.24, 2.45) is 0 Å². The number of hydrogen-bond donors (Lipinski definition) is 1. The number of carbonyl (C=O) groups excluding carboxylic acids is 1. The summed E-state index contributed by atoms with van der Waals surface area (Å²) < 4.78 is 0. The average molecular weight is 286 g/mol. The number of carboxylic acid groups (broad SMARTS) is 1. The summed E-state index contributed by atoms with van der Waals surface area (Å²) in [7, 11) is 0. The van der Waals surface area contributed by atoms with Crippen LogP contribution in [0.5, 0.6) is 0 Å². The molecule has 4 heteroatoms. The van der Waals surface area contributed by atoms with Crippen LogP contribution in [0.1, 0.15) is 26.3 Å². The van der Waals surface area contributed by atoms with Crippen LogP contribution < -0.4 is 0 Å². The van der Waals surface area contributed by atoms with Crippen molar-refractivity contribution in [3.8, 4) is 0 Å². The van der Waals surface area contributed by atoms with Crippen LogP contribution in [0, 0.1) is 6.92 Å². The van der Waals surface area contributed by atoms with Crippen LogP contribution in [0.15, 0.2) is 53.4 Å². The molecule has 0 bridgehead atoms. The maximum Gasteiger partial charge on any atom is 0.335 e. The monoisotopic (exact) mass is 286 g/mol. The molecule has 0 aliphatic heterocycles. The zero-order chi connectivity index (χ0) is 14.5. The zero-order valence-electron chi connectivity index (χ0n) is 11.0. The minimum Gasteiger partial charge on any atom is -0.478 e. The fourth-order valence-electron chi connectivity index (χ4n) is 1.67. The largest absolute Gasteiger partial charge is 0.478 e. The van der Waals surface area contributed by atoms with E-state index < -0.39 is 5.97 Å². The second-order valence-corrected chi connectivity index (χ2v) is 5.46. The summed E-state index contributed by atoms with van der Waals surface area (Å²) in [5.74, 6) is -0.537. The van der Waals surface area contributed by atoms with Crippen molar-refractivity contribution in [2.75, 3.05) is 5.75 Å². The van der Waals surface area contributed by atoms with Gasteiger partial charge < -0.3 is 5.11 Å². The summed E-state index contributed by atoms with van der Waals surface area (Å²) in [5, 5.41) is 8.80. The summed E-state index contributed by atoms with van der Waals surface area (Å²) in [6.45, 7) is 1.98. The summed E-state index contributed by atoms with van der Waals surface area (Å²) in [4.78, 5) is 23.6. The SMILES string of the molecule is Cc1ccc(C(=O)CSc2ccc(C(=O)O)cc2)cc1. The molecule has 0 atom stereocenters. The molecule has 0 unspecified atom stereocenters. The molecule has 0 amide bonds. The molecule has 0 saturated carbocycles. The number of aromatic carboxylic acids is 1. The Morgan fingerprint density at radius 1 is 0.950 bits per heavy atom. The Bertz CT molecular complexity index is 615. The van der Waals surface area contributed by atoms with Crippen LogP contribution in [0.3, 0.4) is 0 Å². The predicted molar refractivity (Wildman–Crippen MR) is 79.6 cm³/mol. The molecular weight excluding hydrogens is 272 g/mol. The van der Waals surface area contributed by atoms with Crippen LogP contribution in [-0.2, 0) is 0 Å². The first-order chi connectivity index (χ1) is 9.56. The van der Waals surface area contributed by atoms with E-state index in [4.69, 9.17) is 5.11 Å². The molecule has 0 aliphatic carbocycles. The molecule has 20 heavy (non-hydrogen) atoms. The molecule has 0 saturated heterocycles. The van der Waals surface area contributed by atoms with E-state index in [1.165, 1.54) is 11.8 Å². The lowest BCUT2D eigenvalue weighted by Crippen LogP contribution is -2.02. The lowest BCUT2D eigenvalue weighted by Gasteiger charge is -2.03. The maximum absolute atomic E-state index is 12.0. The molecule has 3 nitrogen and oxygen atoms in total. The summed E-state index contributed by atoms with van der Waals surface area (Å²) in [6, 6.07) is 14.0. The molecule has 2 aromatic carbocycles. The zero-order valence-corrected chi connectivity index (χ0v) is 11.8. The number of rotatable bonds is 5. The van der Waals surface area contributed by atoms with Crippen LogP contribution in [0.25, 0.3) is 0 Å². The minimum absolute atomic E-state index is 0.0670. The van der Waals surface area contributed by atoms with Gasteiger partial charge in [0.15, 0.2) is 5.78 Å². The van der Waals surface area contributed by atoms with E-state index in [0.717, 1.165) is 10.5 Å². The first kappa shape index (κ1) is 14.3. The van der Waals surface area contributed by atoms with Crippen LogP contribution in [-0.4, -0.2) is 22.6 Å². The first-order valence-electron chi connectivity index (χ1n) is 6.12. The topological polar surface area (TPSA) is 54.4 Å². The van der Waals surface area contributed by atoms with Gasteiger partial charge >= 0.3 is 5.97 Å². The van der Waals surface area contributed by atoms with Crippen LogP contribution in [0.2, 0.25) is 0 Å². The quantitative estimate of drug-likeness (QED) is 0.673. The third-order valence-corrected chi connectivity index (χ3v) is 3.86. The Morgan fingerprint density at radius 2 is 1.50 bits per heavy atom. The van der Waals surface area contributed by atoms with E-state index in [2.05, 4.69) is 0 Å². The smallest absolute Gasteiger partial charge is 0.335 e. The number of Topliss-reactive ketones (excluding diaryl/α,β-unsaturated/α-hetero) is 1. The molecule has 0 fully saturated rings. The number of ketones is 1. The Morgan fingerprint density at radius 3 is 2.05 bits per heavy atom. The number of aryl methyl sites for hydroxylation is 1. The predicted octanol–water partition coefficient (Wildman–Crippen LogP) is 3.67. The van der Waals surface area contributed by atoms with E-state index >= 15 is 0 Å². The summed E-state index contributed by atoms with van der Waals surface area (Å²) in [6.07, 6.45) is 0. The van der Waals surface area contributed by atoms with Crippen molar-refractivity contribution >= 4 is 23.5 Å². The van der Waals surface area contributed by atoms with Gasteiger partial charge in [0.1, 0.15) is 0 Å². The molecule has 2 aromatic rings. The standard InChI is InChI=1S/C16H14O3S/c1-11-2-4-12(5-3-11)15(17)10-20-14-8-6-13(7-9-14)16(18)19/h2-9H,10H2,1H3,(H,18,19). The molecule has 0 heterocycles.